The van der Waals surface area contributed by atoms with Crippen molar-refractivity contribution in [2.45, 2.75) is 13.8 Å². The van der Waals surface area contributed by atoms with E-state index in [0.717, 1.165) is 5.56 Å². The highest BCUT2D eigenvalue weighted by Gasteiger charge is 2.13. The summed E-state index contributed by atoms with van der Waals surface area (Å²) in [6.45, 7) is 4.01. The fraction of sp³-hybridized carbons (Fsp3) is 0.192. The normalized spacial score (nSPS) is 10.7. The maximum absolute atomic E-state index is 12.4. The van der Waals surface area contributed by atoms with Crippen LogP contribution in [0.5, 0.6) is 17.2 Å². The number of methoxy groups -OCH3 is 1. The molecule has 36 heavy (non-hydrogen) atoms. The van der Waals surface area contributed by atoms with Gasteiger partial charge in [-0.2, -0.15) is 5.10 Å². The van der Waals surface area contributed by atoms with Crippen LogP contribution in [-0.2, 0) is 4.79 Å². The fourth-order valence-electron chi connectivity index (χ4n) is 3.08. The van der Waals surface area contributed by atoms with E-state index in [2.05, 4.69) is 15.8 Å². The molecule has 8 nitrogen and oxygen atoms in total. The van der Waals surface area contributed by atoms with E-state index >= 15 is 0 Å². The molecule has 0 aromatic heterocycles. The summed E-state index contributed by atoms with van der Waals surface area (Å²) in [5.74, 6) is 0.351. The molecule has 0 aliphatic rings. The highest BCUT2D eigenvalue weighted by molar-refractivity contribution is 6.37. The van der Waals surface area contributed by atoms with E-state index in [1.54, 1.807) is 42.5 Å². The van der Waals surface area contributed by atoms with Crippen LogP contribution in [0.4, 0.5) is 5.69 Å². The summed E-state index contributed by atoms with van der Waals surface area (Å²) in [5, 5.41) is 7.06. The Kier molecular flexibility index (Phi) is 9.55. The molecular formula is C26H25Cl2N3O5. The van der Waals surface area contributed by atoms with Crippen molar-refractivity contribution >= 4 is 46.9 Å². The third-order valence-electron chi connectivity index (χ3n) is 4.81. The van der Waals surface area contributed by atoms with Crippen LogP contribution in [-0.4, -0.2) is 38.4 Å². The van der Waals surface area contributed by atoms with Gasteiger partial charge in [-0.1, -0.05) is 40.9 Å². The lowest BCUT2D eigenvalue weighted by Gasteiger charge is -2.11. The largest absolute Gasteiger partial charge is 0.493 e. The summed E-state index contributed by atoms with van der Waals surface area (Å²) in [5.41, 5.74) is 5.04. The number of aryl methyl sites for hydroxylation is 1. The van der Waals surface area contributed by atoms with Crippen LogP contribution < -0.4 is 25.0 Å². The zero-order valence-electron chi connectivity index (χ0n) is 19.9. The molecule has 0 unspecified atom stereocenters. The number of hydrogen-bond donors (Lipinski definition) is 2. The van der Waals surface area contributed by atoms with Crippen molar-refractivity contribution in [2.24, 2.45) is 5.10 Å². The lowest BCUT2D eigenvalue weighted by Crippen LogP contribution is -2.20. The molecule has 3 rings (SSSR count). The minimum atomic E-state index is -0.440. The van der Waals surface area contributed by atoms with Crippen LogP contribution in [0.2, 0.25) is 10.0 Å². The summed E-state index contributed by atoms with van der Waals surface area (Å²) in [6, 6.07) is 15.3. The average Bonchev–Trinajstić information content (AvgIpc) is 2.85. The molecule has 0 aliphatic heterocycles. The molecule has 0 radical (unpaired) electrons. The first kappa shape index (κ1) is 26.8. The molecule has 10 heteroatoms. The highest BCUT2D eigenvalue weighted by Crippen LogP contribution is 2.34. The Balaban J connectivity index is 1.59. The Morgan fingerprint density at radius 3 is 2.31 bits per heavy atom. The molecule has 0 saturated carbocycles. The van der Waals surface area contributed by atoms with Gasteiger partial charge in [-0.05, 0) is 61.9 Å². The second-order valence-electron chi connectivity index (χ2n) is 7.51. The zero-order valence-corrected chi connectivity index (χ0v) is 21.4. The van der Waals surface area contributed by atoms with Gasteiger partial charge in [0.1, 0.15) is 0 Å². The molecule has 188 valence electrons. The number of hydrogen-bond acceptors (Lipinski definition) is 6. The number of carbonyl (C=O) groups excluding carboxylic acids is 2. The van der Waals surface area contributed by atoms with Crippen molar-refractivity contribution in [3.63, 3.8) is 0 Å². The first-order valence-corrected chi connectivity index (χ1v) is 11.7. The number of ether oxygens (including phenoxy) is 3. The highest BCUT2D eigenvalue weighted by atomic mass is 35.5. The number of nitrogens with zero attached hydrogens (tertiary/aromatic N) is 1. The molecule has 0 bridgehead atoms. The van der Waals surface area contributed by atoms with Gasteiger partial charge in [-0.15, -0.1) is 0 Å². The Labute approximate surface area is 219 Å². The van der Waals surface area contributed by atoms with E-state index in [-0.39, 0.29) is 28.3 Å². The maximum Gasteiger partial charge on any atom is 0.271 e. The number of amides is 2. The van der Waals surface area contributed by atoms with Crippen molar-refractivity contribution in [3.8, 4) is 17.2 Å². The van der Waals surface area contributed by atoms with Gasteiger partial charge in [0, 0.05) is 11.3 Å². The number of nitrogens with one attached hydrogen (secondary N) is 2. The number of rotatable bonds is 10. The van der Waals surface area contributed by atoms with E-state index in [4.69, 9.17) is 37.4 Å². The molecule has 0 saturated heterocycles. The van der Waals surface area contributed by atoms with Gasteiger partial charge in [0.15, 0.2) is 23.9 Å². The van der Waals surface area contributed by atoms with Gasteiger partial charge in [-0.25, -0.2) is 5.43 Å². The number of carbonyl (C=O) groups is 2. The number of benzene rings is 3. The monoisotopic (exact) mass is 529 g/mol. The summed E-state index contributed by atoms with van der Waals surface area (Å²) < 4.78 is 16.2. The van der Waals surface area contributed by atoms with E-state index in [0.29, 0.717) is 34.9 Å². The fourth-order valence-corrected chi connectivity index (χ4v) is 3.69. The van der Waals surface area contributed by atoms with Gasteiger partial charge < -0.3 is 19.5 Å². The second-order valence-corrected chi connectivity index (χ2v) is 8.33. The van der Waals surface area contributed by atoms with Crippen LogP contribution in [0.1, 0.15) is 28.4 Å². The van der Waals surface area contributed by atoms with Crippen molar-refractivity contribution in [3.05, 3.63) is 81.3 Å². The lowest BCUT2D eigenvalue weighted by molar-refractivity contribution is -0.118. The predicted octanol–water partition coefficient (Wildman–Crippen LogP) is 5.49. The van der Waals surface area contributed by atoms with Gasteiger partial charge in [0.25, 0.3) is 11.8 Å². The Hall–Kier alpha value is -3.75. The third-order valence-corrected chi connectivity index (χ3v) is 5.37. The molecule has 3 aromatic rings. The smallest absolute Gasteiger partial charge is 0.271 e. The molecule has 0 fully saturated rings. The quantitative estimate of drug-likeness (QED) is 0.267. The Morgan fingerprint density at radius 2 is 1.67 bits per heavy atom. The molecular weight excluding hydrogens is 505 g/mol. The molecule has 0 aliphatic carbocycles. The molecule has 2 amide bonds. The number of hydrazone groups is 1. The van der Waals surface area contributed by atoms with Crippen LogP contribution in [0.25, 0.3) is 0 Å². The van der Waals surface area contributed by atoms with E-state index in [9.17, 15) is 9.59 Å². The summed E-state index contributed by atoms with van der Waals surface area (Å²) in [6.07, 6.45) is 1.38. The SMILES string of the molecule is CCOc1ccc(C(=O)N/N=C/c2cc(Cl)c(OCC(=O)Nc3ccc(C)cc3)c(Cl)c2)cc1OC. The van der Waals surface area contributed by atoms with Crippen molar-refractivity contribution in [1.29, 1.82) is 0 Å². The van der Waals surface area contributed by atoms with Crippen LogP contribution in [0.3, 0.4) is 0 Å². The van der Waals surface area contributed by atoms with Gasteiger partial charge >= 0.3 is 0 Å². The lowest BCUT2D eigenvalue weighted by atomic mass is 10.2. The van der Waals surface area contributed by atoms with E-state index in [1.165, 1.54) is 13.3 Å². The summed E-state index contributed by atoms with van der Waals surface area (Å²) in [4.78, 5) is 24.6. The molecule has 0 atom stereocenters. The van der Waals surface area contributed by atoms with Crippen molar-refractivity contribution in [2.75, 3.05) is 25.6 Å². The topological polar surface area (TPSA) is 98.3 Å². The summed E-state index contributed by atoms with van der Waals surface area (Å²) in [7, 11) is 1.50. The minimum Gasteiger partial charge on any atom is -0.493 e. The third kappa shape index (κ3) is 7.37. The number of anilines is 1. The van der Waals surface area contributed by atoms with Crippen LogP contribution in [0, 0.1) is 6.92 Å². The van der Waals surface area contributed by atoms with Crippen LogP contribution >= 0.6 is 23.2 Å². The van der Waals surface area contributed by atoms with Gasteiger partial charge in [0.2, 0.25) is 0 Å². The molecule has 2 N–H and O–H groups in total. The zero-order chi connectivity index (χ0) is 26.1. The summed E-state index contributed by atoms with van der Waals surface area (Å²) >= 11 is 12.6. The Morgan fingerprint density at radius 1 is 0.972 bits per heavy atom. The minimum absolute atomic E-state index is 0.167. The average molecular weight is 530 g/mol. The van der Waals surface area contributed by atoms with Gasteiger partial charge in [-0.3, -0.25) is 9.59 Å². The standard InChI is InChI=1S/C26H25Cl2N3O5/c1-4-35-22-10-7-18(13-23(22)34-3)26(33)31-29-14-17-11-20(27)25(21(28)12-17)36-15-24(32)30-19-8-5-16(2)6-9-19/h5-14H,4,15H2,1-3H3,(H,30,32)(H,31,33)/b29-14+. The second kappa shape index (κ2) is 12.8. The number of halogens is 2. The van der Waals surface area contributed by atoms with Crippen LogP contribution in [0.15, 0.2) is 59.7 Å². The molecule has 3 aromatic carbocycles. The van der Waals surface area contributed by atoms with E-state index < -0.39 is 5.91 Å². The maximum atomic E-state index is 12.4. The Bertz CT molecular complexity index is 1240. The first-order chi connectivity index (χ1) is 17.3. The van der Waals surface area contributed by atoms with Crippen molar-refractivity contribution < 1.29 is 23.8 Å². The van der Waals surface area contributed by atoms with Crippen molar-refractivity contribution in [1.82, 2.24) is 5.43 Å². The van der Waals surface area contributed by atoms with Gasteiger partial charge in [0.05, 0.1) is 30.0 Å². The predicted molar refractivity (Wildman–Crippen MR) is 141 cm³/mol. The molecule has 0 heterocycles. The molecule has 0 spiro atoms. The van der Waals surface area contributed by atoms with E-state index in [1.807, 2.05) is 26.0 Å². The first-order valence-electron chi connectivity index (χ1n) is 10.9.